The van der Waals surface area contributed by atoms with Gasteiger partial charge in [0.2, 0.25) is 0 Å². The van der Waals surface area contributed by atoms with E-state index >= 15 is 0 Å². The van der Waals surface area contributed by atoms with Gasteiger partial charge in [-0.1, -0.05) is 13.3 Å². The second kappa shape index (κ2) is 6.67. The quantitative estimate of drug-likeness (QED) is 0.721. The van der Waals surface area contributed by atoms with E-state index in [1.807, 2.05) is 6.92 Å². The summed E-state index contributed by atoms with van der Waals surface area (Å²) in [7, 11) is 0. The van der Waals surface area contributed by atoms with E-state index in [1.165, 1.54) is 0 Å². The Balaban J connectivity index is 2.80. The Morgan fingerprint density at radius 1 is 1.26 bits per heavy atom. The van der Waals surface area contributed by atoms with Crippen LogP contribution >= 0.6 is 0 Å². The van der Waals surface area contributed by atoms with Gasteiger partial charge in [0.05, 0.1) is 11.3 Å². The van der Waals surface area contributed by atoms with Crippen LogP contribution < -0.4 is 10.6 Å². The minimum absolute atomic E-state index is 0.382. The lowest BCUT2D eigenvalue weighted by atomic mass is 10.2. The number of carbonyl (C=O) groups is 2. The number of urea groups is 1. The highest BCUT2D eigenvalue weighted by Crippen LogP contribution is 2.19. The number of unbranched alkanes of at least 4 members (excludes halogenated alkanes) is 1. The summed E-state index contributed by atoms with van der Waals surface area (Å²) in [5.41, 5.74) is -1.09. The molecule has 1 aromatic rings. The fourth-order valence-corrected chi connectivity index (χ4v) is 1.35. The summed E-state index contributed by atoms with van der Waals surface area (Å²) >= 11 is 0. The molecular weight excluding hydrogens is 258 g/mol. The number of carbonyl (C=O) groups excluding carboxylic acids is 1. The van der Waals surface area contributed by atoms with Crippen LogP contribution in [-0.2, 0) is 0 Å². The third-order valence-corrected chi connectivity index (χ3v) is 2.35. The van der Waals surface area contributed by atoms with Crippen LogP contribution in [0.3, 0.4) is 0 Å². The van der Waals surface area contributed by atoms with Crippen LogP contribution in [0.5, 0.6) is 0 Å². The van der Waals surface area contributed by atoms with Crippen molar-refractivity contribution >= 4 is 17.7 Å². The summed E-state index contributed by atoms with van der Waals surface area (Å²) < 4.78 is 26.5. The number of amides is 2. The molecule has 0 aromatic heterocycles. The zero-order chi connectivity index (χ0) is 14.4. The Labute approximate surface area is 108 Å². The minimum Gasteiger partial charge on any atom is -0.478 e. The molecule has 0 bridgehead atoms. The molecule has 3 N–H and O–H groups in total. The molecule has 2 amide bonds. The highest BCUT2D eigenvalue weighted by molar-refractivity contribution is 5.93. The van der Waals surface area contributed by atoms with Crippen molar-refractivity contribution in [2.75, 3.05) is 11.9 Å². The van der Waals surface area contributed by atoms with E-state index in [0.29, 0.717) is 12.6 Å². The summed E-state index contributed by atoms with van der Waals surface area (Å²) in [5.74, 6) is -3.76. The zero-order valence-electron chi connectivity index (χ0n) is 10.3. The van der Waals surface area contributed by atoms with Gasteiger partial charge in [0.1, 0.15) is 11.6 Å². The first-order valence-electron chi connectivity index (χ1n) is 5.73. The molecule has 0 spiro atoms. The van der Waals surface area contributed by atoms with Crippen molar-refractivity contribution in [1.82, 2.24) is 5.32 Å². The molecule has 0 saturated carbocycles. The molecule has 0 aliphatic rings. The molecule has 7 heteroatoms. The fraction of sp³-hybridized carbons (Fsp3) is 0.333. The van der Waals surface area contributed by atoms with Gasteiger partial charge in [-0.15, -0.1) is 0 Å². The summed E-state index contributed by atoms with van der Waals surface area (Å²) in [6.45, 7) is 2.36. The van der Waals surface area contributed by atoms with Gasteiger partial charge < -0.3 is 15.7 Å². The van der Waals surface area contributed by atoms with E-state index in [4.69, 9.17) is 5.11 Å². The second-order valence-corrected chi connectivity index (χ2v) is 3.85. The average molecular weight is 272 g/mol. The number of hydrogen-bond acceptors (Lipinski definition) is 2. The third-order valence-electron chi connectivity index (χ3n) is 2.35. The molecular formula is C12H14F2N2O3. The highest BCUT2D eigenvalue weighted by atomic mass is 19.1. The molecule has 19 heavy (non-hydrogen) atoms. The lowest BCUT2D eigenvalue weighted by Crippen LogP contribution is -2.30. The topological polar surface area (TPSA) is 78.4 Å². The number of nitrogens with one attached hydrogen (secondary N) is 2. The number of rotatable bonds is 5. The molecule has 1 aromatic carbocycles. The summed E-state index contributed by atoms with van der Waals surface area (Å²) in [6.07, 6.45) is 1.65. The van der Waals surface area contributed by atoms with Crippen molar-refractivity contribution in [3.8, 4) is 0 Å². The van der Waals surface area contributed by atoms with Crippen LogP contribution in [0.25, 0.3) is 0 Å². The Bertz CT molecular complexity index is 492. The van der Waals surface area contributed by atoms with Crippen LogP contribution in [0.1, 0.15) is 30.1 Å². The van der Waals surface area contributed by atoms with E-state index in [0.717, 1.165) is 18.9 Å². The highest BCUT2D eigenvalue weighted by Gasteiger charge is 2.16. The van der Waals surface area contributed by atoms with Crippen molar-refractivity contribution in [1.29, 1.82) is 0 Å². The van der Waals surface area contributed by atoms with Crippen LogP contribution in [0, 0.1) is 11.6 Å². The average Bonchev–Trinajstić information content (AvgIpc) is 2.32. The molecule has 0 radical (unpaired) electrons. The van der Waals surface area contributed by atoms with E-state index in [-0.39, 0.29) is 5.69 Å². The molecule has 0 heterocycles. The first-order valence-corrected chi connectivity index (χ1v) is 5.73. The molecule has 0 aliphatic heterocycles. The first-order chi connectivity index (χ1) is 8.95. The monoisotopic (exact) mass is 272 g/mol. The van der Waals surface area contributed by atoms with Gasteiger partial charge in [-0.3, -0.25) is 0 Å². The maximum atomic E-state index is 13.4. The van der Waals surface area contributed by atoms with Gasteiger partial charge in [0.15, 0.2) is 0 Å². The van der Waals surface area contributed by atoms with Gasteiger partial charge in [-0.05, 0) is 12.5 Å². The number of benzene rings is 1. The summed E-state index contributed by atoms with van der Waals surface area (Å²) in [5, 5.41) is 13.3. The van der Waals surface area contributed by atoms with E-state index < -0.39 is 29.2 Å². The fourth-order valence-electron chi connectivity index (χ4n) is 1.35. The second-order valence-electron chi connectivity index (χ2n) is 3.85. The lowest BCUT2D eigenvalue weighted by Gasteiger charge is -2.09. The largest absolute Gasteiger partial charge is 0.478 e. The van der Waals surface area contributed by atoms with Gasteiger partial charge in [0, 0.05) is 12.6 Å². The van der Waals surface area contributed by atoms with Gasteiger partial charge >= 0.3 is 12.0 Å². The SMILES string of the molecule is CCCCNC(=O)Nc1cc(C(=O)O)c(F)cc1F. The van der Waals surface area contributed by atoms with E-state index in [1.54, 1.807) is 0 Å². The van der Waals surface area contributed by atoms with Crippen molar-refractivity contribution in [3.05, 3.63) is 29.3 Å². The molecule has 0 fully saturated rings. The smallest absolute Gasteiger partial charge is 0.338 e. The number of hydrogen-bond donors (Lipinski definition) is 3. The molecule has 0 atom stereocenters. The Hall–Kier alpha value is -2.18. The third kappa shape index (κ3) is 4.20. The zero-order valence-corrected chi connectivity index (χ0v) is 10.3. The van der Waals surface area contributed by atoms with Gasteiger partial charge in [-0.2, -0.15) is 0 Å². The molecule has 0 saturated heterocycles. The van der Waals surface area contributed by atoms with Crippen LogP contribution in [-0.4, -0.2) is 23.7 Å². The summed E-state index contributed by atoms with van der Waals surface area (Å²) in [6, 6.07) is 0.493. The standard InChI is InChI=1S/C12H14F2N2O3/c1-2-3-4-15-12(19)16-10-5-7(11(17)18)8(13)6-9(10)14/h5-6H,2-4H2,1H3,(H,17,18)(H2,15,16,19). The molecule has 1 rings (SSSR count). The van der Waals surface area contributed by atoms with Crippen molar-refractivity contribution in [3.63, 3.8) is 0 Å². The minimum atomic E-state index is -1.54. The van der Waals surface area contributed by atoms with Crippen LogP contribution in [0.4, 0.5) is 19.3 Å². The number of anilines is 1. The molecule has 0 unspecified atom stereocenters. The predicted molar refractivity (Wildman–Crippen MR) is 65.2 cm³/mol. The van der Waals surface area contributed by atoms with Crippen molar-refractivity contribution < 1.29 is 23.5 Å². The maximum absolute atomic E-state index is 13.4. The van der Waals surface area contributed by atoms with Crippen molar-refractivity contribution in [2.45, 2.75) is 19.8 Å². The van der Waals surface area contributed by atoms with Crippen LogP contribution in [0.15, 0.2) is 12.1 Å². The number of halogens is 2. The van der Waals surface area contributed by atoms with E-state index in [9.17, 15) is 18.4 Å². The predicted octanol–water partition coefficient (Wildman–Crippen LogP) is 2.58. The molecule has 5 nitrogen and oxygen atoms in total. The number of aromatic carboxylic acids is 1. The lowest BCUT2D eigenvalue weighted by molar-refractivity contribution is 0.0692. The normalized spacial score (nSPS) is 10.1. The number of carboxylic acid groups (broad SMARTS) is 1. The van der Waals surface area contributed by atoms with E-state index in [2.05, 4.69) is 10.6 Å². The van der Waals surface area contributed by atoms with Gasteiger partial charge in [-0.25, -0.2) is 18.4 Å². The van der Waals surface area contributed by atoms with Gasteiger partial charge in [0.25, 0.3) is 0 Å². The maximum Gasteiger partial charge on any atom is 0.338 e. The number of carboxylic acids is 1. The Kier molecular flexibility index (Phi) is 5.23. The summed E-state index contributed by atoms with van der Waals surface area (Å²) in [4.78, 5) is 22.1. The first kappa shape index (κ1) is 14.9. The molecule has 0 aliphatic carbocycles. The Morgan fingerprint density at radius 3 is 2.53 bits per heavy atom. The molecule has 104 valence electrons. The van der Waals surface area contributed by atoms with Crippen molar-refractivity contribution in [2.24, 2.45) is 0 Å². The Morgan fingerprint density at radius 2 is 1.95 bits per heavy atom. The van der Waals surface area contributed by atoms with Crippen LogP contribution in [0.2, 0.25) is 0 Å².